The summed E-state index contributed by atoms with van der Waals surface area (Å²) in [7, 11) is 0. The molecular formula is C30H34N6O. The fraction of sp³-hybridized carbons (Fsp3) is 0.300. The molecule has 0 unspecified atom stereocenters. The standard InChI is InChI=1S/C30H34N6O/c1-23-19-24(2)36(33-23)29-14-13-26(20-32-29)30(37)35-18-17-34(21-25-9-4-3-5-10-25)16-8-15-31-28-12-7-6-11-27(28)22-35/h3-7,9-14,19-20,31H,8,15-18,21-22H2,1-2H3. The minimum absolute atomic E-state index is 0.0128. The number of aromatic nitrogens is 3. The van der Waals surface area contributed by atoms with E-state index in [1.165, 1.54) is 5.56 Å². The lowest BCUT2D eigenvalue weighted by molar-refractivity contribution is 0.0719. The molecule has 0 atom stereocenters. The van der Waals surface area contributed by atoms with Gasteiger partial charge in [-0.3, -0.25) is 9.69 Å². The first-order valence-corrected chi connectivity index (χ1v) is 12.9. The number of amides is 1. The SMILES string of the molecule is Cc1cc(C)n(-c2ccc(C(=O)N3CCN(Cc4ccccc4)CCCNc4ccccc4C3)cn2)n1. The third-order valence-electron chi connectivity index (χ3n) is 6.79. The molecule has 37 heavy (non-hydrogen) atoms. The van der Waals surface area contributed by atoms with Crippen molar-refractivity contribution in [3.05, 3.63) is 107 Å². The first-order valence-electron chi connectivity index (χ1n) is 12.9. The molecule has 0 aliphatic carbocycles. The summed E-state index contributed by atoms with van der Waals surface area (Å²) in [5.41, 5.74) is 6.04. The van der Waals surface area contributed by atoms with Crippen molar-refractivity contribution in [2.75, 3.05) is 31.5 Å². The normalized spacial score (nSPS) is 14.9. The van der Waals surface area contributed by atoms with Crippen LogP contribution in [0, 0.1) is 13.8 Å². The van der Waals surface area contributed by atoms with E-state index < -0.39 is 0 Å². The second-order valence-electron chi connectivity index (χ2n) is 9.67. The van der Waals surface area contributed by atoms with Crippen LogP contribution in [-0.2, 0) is 13.1 Å². The highest BCUT2D eigenvalue weighted by Gasteiger charge is 2.20. The van der Waals surface area contributed by atoms with E-state index in [0.29, 0.717) is 24.5 Å². The monoisotopic (exact) mass is 494 g/mol. The maximum Gasteiger partial charge on any atom is 0.255 e. The van der Waals surface area contributed by atoms with E-state index in [0.717, 1.165) is 55.2 Å². The maximum atomic E-state index is 13.8. The van der Waals surface area contributed by atoms with Crippen LogP contribution in [-0.4, -0.2) is 56.7 Å². The Morgan fingerprint density at radius 1 is 0.946 bits per heavy atom. The zero-order valence-corrected chi connectivity index (χ0v) is 21.6. The first-order chi connectivity index (χ1) is 18.1. The summed E-state index contributed by atoms with van der Waals surface area (Å²) < 4.78 is 1.81. The van der Waals surface area contributed by atoms with Gasteiger partial charge in [0.25, 0.3) is 5.91 Å². The summed E-state index contributed by atoms with van der Waals surface area (Å²) in [4.78, 5) is 22.7. The number of aryl methyl sites for hydroxylation is 2. The molecule has 4 aromatic rings. The molecule has 7 nitrogen and oxygen atoms in total. The zero-order chi connectivity index (χ0) is 25.6. The van der Waals surface area contributed by atoms with Gasteiger partial charge in [-0.1, -0.05) is 48.5 Å². The molecule has 1 N–H and O–H groups in total. The second-order valence-corrected chi connectivity index (χ2v) is 9.67. The van der Waals surface area contributed by atoms with Crippen LogP contribution in [0.5, 0.6) is 0 Å². The molecule has 5 rings (SSSR count). The number of hydrogen-bond donors (Lipinski definition) is 1. The molecule has 0 fully saturated rings. The summed E-state index contributed by atoms with van der Waals surface area (Å²) >= 11 is 0. The quantitative estimate of drug-likeness (QED) is 0.440. The largest absolute Gasteiger partial charge is 0.385 e. The molecule has 0 radical (unpaired) electrons. The van der Waals surface area contributed by atoms with Crippen molar-refractivity contribution < 1.29 is 4.79 Å². The number of nitrogens with zero attached hydrogens (tertiary/aromatic N) is 5. The fourth-order valence-electron chi connectivity index (χ4n) is 4.87. The summed E-state index contributed by atoms with van der Waals surface area (Å²) in [5, 5.41) is 8.10. The molecule has 2 aromatic heterocycles. The Bertz CT molecular complexity index is 1330. The van der Waals surface area contributed by atoms with E-state index in [2.05, 4.69) is 56.7 Å². The molecule has 2 aromatic carbocycles. The number of rotatable bonds is 4. The number of fused-ring (bicyclic) bond motifs is 1. The molecular weight excluding hydrogens is 460 g/mol. The Morgan fingerprint density at radius 2 is 1.76 bits per heavy atom. The molecule has 190 valence electrons. The van der Waals surface area contributed by atoms with Gasteiger partial charge < -0.3 is 10.2 Å². The fourth-order valence-corrected chi connectivity index (χ4v) is 4.87. The predicted molar refractivity (Wildman–Crippen MR) is 147 cm³/mol. The van der Waals surface area contributed by atoms with Crippen LogP contribution in [0.1, 0.15) is 39.3 Å². The molecule has 0 saturated heterocycles. The van der Waals surface area contributed by atoms with Gasteiger partial charge in [0, 0.05) is 56.8 Å². The van der Waals surface area contributed by atoms with Gasteiger partial charge in [0.1, 0.15) is 0 Å². The summed E-state index contributed by atoms with van der Waals surface area (Å²) in [6.45, 7) is 8.68. The topological polar surface area (TPSA) is 66.3 Å². The number of hydrogen-bond acceptors (Lipinski definition) is 5. The van der Waals surface area contributed by atoms with E-state index in [9.17, 15) is 4.79 Å². The van der Waals surface area contributed by atoms with Crippen molar-refractivity contribution in [3.63, 3.8) is 0 Å². The van der Waals surface area contributed by atoms with Crippen molar-refractivity contribution in [3.8, 4) is 5.82 Å². The molecule has 1 aliphatic rings. The number of pyridine rings is 1. The van der Waals surface area contributed by atoms with Crippen LogP contribution in [0.25, 0.3) is 5.82 Å². The smallest absolute Gasteiger partial charge is 0.255 e. The minimum atomic E-state index is -0.0128. The minimum Gasteiger partial charge on any atom is -0.385 e. The average molecular weight is 495 g/mol. The Labute approximate surface area is 218 Å². The molecule has 0 bridgehead atoms. The molecule has 1 amide bonds. The van der Waals surface area contributed by atoms with Crippen LogP contribution >= 0.6 is 0 Å². The highest BCUT2D eigenvalue weighted by atomic mass is 16.2. The molecule has 0 saturated carbocycles. The highest BCUT2D eigenvalue weighted by Crippen LogP contribution is 2.20. The first kappa shape index (κ1) is 24.7. The van der Waals surface area contributed by atoms with Crippen molar-refractivity contribution in [2.45, 2.75) is 33.4 Å². The Kier molecular flexibility index (Phi) is 7.61. The van der Waals surface area contributed by atoms with E-state index in [1.807, 2.05) is 55.1 Å². The van der Waals surface area contributed by atoms with Gasteiger partial charge in [0.05, 0.1) is 11.3 Å². The second kappa shape index (κ2) is 11.4. The van der Waals surface area contributed by atoms with Crippen LogP contribution in [0.15, 0.2) is 79.0 Å². The van der Waals surface area contributed by atoms with E-state index >= 15 is 0 Å². The van der Waals surface area contributed by atoms with Crippen LogP contribution in [0.4, 0.5) is 5.69 Å². The molecule has 3 heterocycles. The van der Waals surface area contributed by atoms with Gasteiger partial charge in [0.15, 0.2) is 5.82 Å². The average Bonchev–Trinajstić information content (AvgIpc) is 3.25. The maximum absolute atomic E-state index is 13.8. The van der Waals surface area contributed by atoms with Crippen molar-refractivity contribution >= 4 is 11.6 Å². The number of nitrogens with one attached hydrogen (secondary N) is 1. The summed E-state index contributed by atoms with van der Waals surface area (Å²) in [5.74, 6) is 0.698. The number of anilines is 1. The van der Waals surface area contributed by atoms with Crippen LogP contribution in [0.3, 0.4) is 0 Å². The number of carbonyl (C=O) groups is 1. The van der Waals surface area contributed by atoms with E-state index in [4.69, 9.17) is 0 Å². The number of carbonyl (C=O) groups excluding carboxylic acids is 1. The summed E-state index contributed by atoms with van der Waals surface area (Å²) in [6.07, 6.45) is 2.71. The van der Waals surface area contributed by atoms with Crippen molar-refractivity contribution in [2.24, 2.45) is 0 Å². The van der Waals surface area contributed by atoms with Gasteiger partial charge in [-0.15, -0.1) is 0 Å². The lowest BCUT2D eigenvalue weighted by atomic mass is 10.1. The van der Waals surface area contributed by atoms with Crippen molar-refractivity contribution in [1.29, 1.82) is 0 Å². The van der Waals surface area contributed by atoms with Crippen LogP contribution in [0.2, 0.25) is 0 Å². The third kappa shape index (κ3) is 6.06. The van der Waals surface area contributed by atoms with E-state index in [-0.39, 0.29) is 5.91 Å². The Hall–Kier alpha value is -3.97. The van der Waals surface area contributed by atoms with Crippen LogP contribution < -0.4 is 5.32 Å². The van der Waals surface area contributed by atoms with Gasteiger partial charge in [-0.05, 0) is 55.7 Å². The zero-order valence-electron chi connectivity index (χ0n) is 21.6. The summed E-state index contributed by atoms with van der Waals surface area (Å²) in [6, 6.07) is 24.6. The number of para-hydroxylation sites is 1. The predicted octanol–water partition coefficient (Wildman–Crippen LogP) is 4.84. The van der Waals surface area contributed by atoms with Gasteiger partial charge in [-0.2, -0.15) is 5.10 Å². The molecule has 1 aliphatic heterocycles. The van der Waals surface area contributed by atoms with Gasteiger partial charge in [0.2, 0.25) is 0 Å². The van der Waals surface area contributed by atoms with Gasteiger partial charge in [-0.25, -0.2) is 9.67 Å². The lowest BCUT2D eigenvalue weighted by Gasteiger charge is -2.28. The van der Waals surface area contributed by atoms with E-state index in [1.54, 1.807) is 10.9 Å². The number of benzene rings is 2. The van der Waals surface area contributed by atoms with Crippen molar-refractivity contribution in [1.82, 2.24) is 24.6 Å². The molecule has 0 spiro atoms. The molecule has 7 heteroatoms. The third-order valence-corrected chi connectivity index (χ3v) is 6.79. The van der Waals surface area contributed by atoms with Gasteiger partial charge >= 0.3 is 0 Å². The lowest BCUT2D eigenvalue weighted by Crippen LogP contribution is -2.38. The Morgan fingerprint density at radius 3 is 2.51 bits per heavy atom. The Balaban J connectivity index is 1.38. The highest BCUT2D eigenvalue weighted by molar-refractivity contribution is 5.94.